The Balaban J connectivity index is 1.26. The summed E-state index contributed by atoms with van der Waals surface area (Å²) in [7, 11) is -3.66. The summed E-state index contributed by atoms with van der Waals surface area (Å²) < 4.78 is 37.8. The molecule has 3 aromatic rings. The van der Waals surface area contributed by atoms with Gasteiger partial charge in [0.2, 0.25) is 15.9 Å². The van der Waals surface area contributed by atoms with Crippen LogP contribution in [0.15, 0.2) is 63.9 Å². The monoisotopic (exact) mass is 512 g/mol. The molecule has 0 bridgehead atoms. The number of carbonyl (C=O) groups is 3. The van der Waals surface area contributed by atoms with E-state index in [0.717, 1.165) is 10.3 Å². The van der Waals surface area contributed by atoms with Crippen LogP contribution in [-0.2, 0) is 29.9 Å². The Morgan fingerprint density at radius 1 is 1.08 bits per heavy atom. The summed E-state index contributed by atoms with van der Waals surface area (Å²) in [6.45, 7) is 2.24. The maximum atomic E-state index is 13.1. The van der Waals surface area contributed by atoms with Crippen molar-refractivity contribution in [2.75, 3.05) is 38.2 Å². The van der Waals surface area contributed by atoms with Crippen molar-refractivity contribution in [2.45, 2.75) is 17.4 Å². The van der Waals surface area contributed by atoms with Gasteiger partial charge in [0.15, 0.2) is 5.54 Å². The van der Waals surface area contributed by atoms with Crippen LogP contribution in [0.5, 0.6) is 0 Å². The molecule has 12 heteroatoms. The van der Waals surface area contributed by atoms with Gasteiger partial charge in [-0.2, -0.15) is 4.31 Å². The number of hydrogen-bond donors (Lipinski definition) is 2. The molecule has 188 valence electrons. The molecular weight excluding hydrogens is 488 g/mol. The van der Waals surface area contributed by atoms with Gasteiger partial charge >= 0.3 is 6.03 Å². The Morgan fingerprint density at radius 2 is 1.78 bits per heavy atom. The molecule has 2 saturated heterocycles. The number of nitrogens with zero attached hydrogens (tertiary/aromatic N) is 2. The first-order valence-electron chi connectivity index (χ1n) is 11.3. The molecule has 11 nitrogen and oxygen atoms in total. The number of urea groups is 1. The number of sulfonamides is 1. The zero-order chi connectivity index (χ0) is 25.5. The van der Waals surface area contributed by atoms with Gasteiger partial charge < -0.3 is 19.8 Å². The molecule has 5 rings (SSSR count). The summed E-state index contributed by atoms with van der Waals surface area (Å²) in [6.07, 6.45) is 0. The van der Waals surface area contributed by atoms with E-state index >= 15 is 0 Å². The third-order valence-corrected chi connectivity index (χ3v) is 8.15. The van der Waals surface area contributed by atoms with Gasteiger partial charge in [0, 0.05) is 24.2 Å². The smallest absolute Gasteiger partial charge is 0.325 e. The topological polar surface area (TPSA) is 138 Å². The zero-order valence-electron chi connectivity index (χ0n) is 19.4. The van der Waals surface area contributed by atoms with E-state index in [9.17, 15) is 22.8 Å². The highest BCUT2D eigenvalue weighted by molar-refractivity contribution is 7.89. The van der Waals surface area contributed by atoms with E-state index < -0.39 is 40.0 Å². The number of fused-ring (bicyclic) bond motifs is 1. The fraction of sp³-hybridized carbons (Fsp3) is 0.292. The summed E-state index contributed by atoms with van der Waals surface area (Å²) in [5.41, 5.74) is -0.551. The molecule has 1 atom stereocenters. The number of morpholine rings is 1. The molecule has 1 aromatic heterocycles. The van der Waals surface area contributed by atoms with Crippen molar-refractivity contribution in [1.82, 2.24) is 14.5 Å². The van der Waals surface area contributed by atoms with Gasteiger partial charge in [0.05, 0.1) is 18.1 Å². The lowest BCUT2D eigenvalue weighted by atomic mass is 9.99. The highest BCUT2D eigenvalue weighted by atomic mass is 32.2. The van der Waals surface area contributed by atoms with Crippen molar-refractivity contribution >= 4 is 44.5 Å². The van der Waals surface area contributed by atoms with Crippen LogP contribution < -0.4 is 10.6 Å². The fourth-order valence-electron chi connectivity index (χ4n) is 4.23. The molecule has 3 heterocycles. The van der Waals surface area contributed by atoms with E-state index in [0.29, 0.717) is 24.5 Å². The van der Waals surface area contributed by atoms with Crippen molar-refractivity contribution in [1.29, 1.82) is 0 Å². The number of nitrogens with one attached hydrogen (secondary N) is 2. The number of ether oxygens (including phenoxy) is 1. The minimum Gasteiger partial charge on any atom is -0.458 e. The second-order valence-corrected chi connectivity index (χ2v) is 10.6. The van der Waals surface area contributed by atoms with Crippen LogP contribution in [-0.4, -0.2) is 68.3 Å². The second kappa shape index (κ2) is 9.04. The van der Waals surface area contributed by atoms with E-state index in [1.165, 1.54) is 35.5 Å². The Labute approximate surface area is 207 Å². The summed E-state index contributed by atoms with van der Waals surface area (Å²) in [6, 6.07) is 13.9. The Hall–Kier alpha value is -3.74. The third-order valence-electron chi connectivity index (χ3n) is 6.24. The quantitative estimate of drug-likeness (QED) is 0.481. The first kappa shape index (κ1) is 24.0. The molecule has 2 aliphatic heterocycles. The molecule has 0 saturated carbocycles. The van der Waals surface area contributed by atoms with E-state index in [2.05, 4.69) is 10.6 Å². The molecule has 2 aliphatic rings. The maximum absolute atomic E-state index is 13.1. The number of hydrogen-bond acceptors (Lipinski definition) is 7. The number of amides is 4. The average Bonchev–Trinajstić information content (AvgIpc) is 3.41. The Kier molecular flexibility index (Phi) is 6.02. The normalized spacial score (nSPS) is 21.1. The number of benzene rings is 2. The van der Waals surface area contributed by atoms with Crippen molar-refractivity contribution in [3.05, 3.63) is 60.4 Å². The maximum Gasteiger partial charge on any atom is 0.325 e. The molecule has 0 unspecified atom stereocenters. The van der Waals surface area contributed by atoms with Crippen molar-refractivity contribution in [3.63, 3.8) is 0 Å². The van der Waals surface area contributed by atoms with Crippen molar-refractivity contribution in [3.8, 4) is 0 Å². The van der Waals surface area contributed by atoms with Crippen LogP contribution >= 0.6 is 0 Å². The Morgan fingerprint density at radius 3 is 2.47 bits per heavy atom. The molecule has 0 radical (unpaired) electrons. The van der Waals surface area contributed by atoms with Crippen LogP contribution in [0, 0.1) is 0 Å². The average molecular weight is 513 g/mol. The lowest BCUT2D eigenvalue weighted by Gasteiger charge is -2.26. The van der Waals surface area contributed by atoms with Crippen LogP contribution in [0.25, 0.3) is 11.0 Å². The van der Waals surface area contributed by atoms with Gasteiger partial charge in [-0.1, -0.05) is 18.2 Å². The highest BCUT2D eigenvalue weighted by Crippen LogP contribution is 2.33. The standard InChI is InChI=1S/C24H24N4O7S/c1-24(20-14-16-4-2-3-5-19(16)35-20)22(30)28(23(31)26-24)15-21(29)25-17-6-8-18(9-7-17)36(32,33)27-10-12-34-13-11-27/h2-9,14H,10-13,15H2,1H3,(H,25,29)(H,26,31)/t24-/m1/s1. The number of rotatable bonds is 6. The predicted octanol–water partition coefficient (Wildman–Crippen LogP) is 1.86. The predicted molar refractivity (Wildman–Crippen MR) is 128 cm³/mol. The number of carbonyl (C=O) groups excluding carboxylic acids is 3. The van der Waals surface area contributed by atoms with Crippen LogP contribution in [0.1, 0.15) is 12.7 Å². The van der Waals surface area contributed by atoms with Gasteiger partial charge in [0.25, 0.3) is 5.91 Å². The summed E-state index contributed by atoms with van der Waals surface area (Å²) in [5.74, 6) is -0.966. The fourth-order valence-corrected chi connectivity index (χ4v) is 5.63. The molecule has 0 spiro atoms. The van der Waals surface area contributed by atoms with E-state index in [4.69, 9.17) is 9.15 Å². The minimum absolute atomic E-state index is 0.0955. The number of furan rings is 1. The van der Waals surface area contributed by atoms with E-state index in [1.54, 1.807) is 18.2 Å². The van der Waals surface area contributed by atoms with Gasteiger partial charge in [-0.15, -0.1) is 0 Å². The third kappa shape index (κ3) is 4.23. The molecular formula is C24H24N4O7S. The molecule has 36 heavy (non-hydrogen) atoms. The summed E-state index contributed by atoms with van der Waals surface area (Å²) in [5, 5.41) is 5.99. The van der Waals surface area contributed by atoms with E-state index in [1.807, 2.05) is 12.1 Å². The van der Waals surface area contributed by atoms with E-state index in [-0.39, 0.29) is 23.7 Å². The number of anilines is 1. The molecule has 0 aliphatic carbocycles. The summed E-state index contributed by atoms with van der Waals surface area (Å²) >= 11 is 0. The van der Waals surface area contributed by atoms with Crippen LogP contribution in [0.3, 0.4) is 0 Å². The highest BCUT2D eigenvalue weighted by Gasteiger charge is 2.51. The van der Waals surface area contributed by atoms with Gasteiger partial charge in [0.1, 0.15) is 17.9 Å². The molecule has 2 fully saturated rings. The van der Waals surface area contributed by atoms with Crippen molar-refractivity contribution < 1.29 is 32.0 Å². The molecule has 2 aromatic carbocycles. The van der Waals surface area contributed by atoms with Crippen LogP contribution in [0.2, 0.25) is 0 Å². The Bertz CT molecular complexity index is 1410. The zero-order valence-corrected chi connectivity index (χ0v) is 20.2. The van der Waals surface area contributed by atoms with Crippen LogP contribution in [0.4, 0.5) is 10.5 Å². The first-order chi connectivity index (χ1) is 17.2. The minimum atomic E-state index is -3.66. The lowest BCUT2D eigenvalue weighted by molar-refractivity contribution is -0.134. The molecule has 2 N–H and O–H groups in total. The first-order valence-corrected chi connectivity index (χ1v) is 12.7. The van der Waals surface area contributed by atoms with Gasteiger partial charge in [-0.05, 0) is 43.3 Å². The van der Waals surface area contributed by atoms with Gasteiger partial charge in [-0.3, -0.25) is 14.5 Å². The molecule has 4 amide bonds. The number of imide groups is 1. The largest absolute Gasteiger partial charge is 0.458 e. The lowest BCUT2D eigenvalue weighted by Crippen LogP contribution is -2.41. The SMILES string of the molecule is C[C@]1(c2cc3ccccc3o2)NC(=O)N(CC(=O)Nc2ccc(S(=O)(=O)N3CCOCC3)cc2)C1=O. The van der Waals surface area contributed by atoms with Gasteiger partial charge in [-0.25, -0.2) is 13.2 Å². The second-order valence-electron chi connectivity index (χ2n) is 8.68. The number of para-hydroxylation sites is 1. The summed E-state index contributed by atoms with van der Waals surface area (Å²) in [4.78, 5) is 39.2. The van der Waals surface area contributed by atoms with Crippen molar-refractivity contribution in [2.24, 2.45) is 0 Å².